The van der Waals surface area contributed by atoms with Crippen LogP contribution in [0.5, 0.6) is 5.75 Å². The van der Waals surface area contributed by atoms with E-state index in [4.69, 9.17) is 9.47 Å². The standard InChI is InChI=1S/C36H32N2O5S/c1-42-36(41)32(37-31-16-9-8-15-30(31)34(39)27-11-4-2-5-12-27)25-26-18-20-29(21-19-26)43-23-22-38(28-13-6-3-7-14-28)35(40)33-17-10-24-44-33/h2-21,24,32,37H,22-23,25H2,1H3/t32-/m1/s1. The Hall–Kier alpha value is -5.21. The maximum Gasteiger partial charge on any atom is 0.328 e. The van der Waals surface area contributed by atoms with Crippen molar-refractivity contribution in [1.82, 2.24) is 0 Å². The highest BCUT2D eigenvalue weighted by Crippen LogP contribution is 2.23. The molecule has 222 valence electrons. The summed E-state index contributed by atoms with van der Waals surface area (Å²) in [6.45, 7) is 0.669. The number of esters is 1. The summed E-state index contributed by atoms with van der Waals surface area (Å²) in [6, 6.07) is 36.1. The smallest absolute Gasteiger partial charge is 0.328 e. The molecule has 5 aromatic rings. The molecule has 1 N–H and O–H groups in total. The van der Waals surface area contributed by atoms with Crippen molar-refractivity contribution < 1.29 is 23.9 Å². The Morgan fingerprint density at radius 2 is 1.48 bits per heavy atom. The predicted octanol–water partition coefficient (Wildman–Crippen LogP) is 6.90. The minimum absolute atomic E-state index is 0.0708. The molecule has 0 saturated heterocycles. The van der Waals surface area contributed by atoms with Crippen LogP contribution in [-0.4, -0.2) is 44.0 Å². The van der Waals surface area contributed by atoms with Gasteiger partial charge in [-0.05, 0) is 53.4 Å². The van der Waals surface area contributed by atoms with E-state index in [2.05, 4.69) is 5.32 Å². The lowest BCUT2D eigenvalue weighted by molar-refractivity contribution is -0.141. The molecular formula is C36H32N2O5S. The largest absolute Gasteiger partial charge is 0.492 e. The van der Waals surface area contributed by atoms with Crippen LogP contribution < -0.4 is 15.0 Å². The maximum absolute atomic E-state index is 13.2. The monoisotopic (exact) mass is 604 g/mol. The molecule has 0 unspecified atom stereocenters. The van der Waals surface area contributed by atoms with Crippen molar-refractivity contribution in [1.29, 1.82) is 0 Å². The first-order valence-corrected chi connectivity index (χ1v) is 15.1. The second-order valence-corrected chi connectivity index (χ2v) is 10.9. The fourth-order valence-electron chi connectivity index (χ4n) is 4.78. The van der Waals surface area contributed by atoms with Crippen molar-refractivity contribution in [3.63, 3.8) is 0 Å². The van der Waals surface area contributed by atoms with Crippen molar-refractivity contribution in [3.8, 4) is 5.75 Å². The van der Waals surface area contributed by atoms with Crippen LogP contribution in [0.1, 0.15) is 31.2 Å². The molecule has 1 heterocycles. The predicted molar refractivity (Wildman–Crippen MR) is 174 cm³/mol. The van der Waals surface area contributed by atoms with Crippen LogP contribution >= 0.6 is 11.3 Å². The number of anilines is 2. The van der Waals surface area contributed by atoms with E-state index in [1.807, 2.05) is 96.4 Å². The third-order valence-corrected chi connectivity index (χ3v) is 7.87. The molecule has 0 aliphatic rings. The molecule has 1 aromatic heterocycles. The minimum atomic E-state index is -0.723. The van der Waals surface area contributed by atoms with E-state index < -0.39 is 12.0 Å². The average Bonchev–Trinajstić information content (AvgIpc) is 3.63. The molecular weight excluding hydrogens is 572 g/mol. The lowest BCUT2D eigenvalue weighted by Gasteiger charge is -2.22. The first-order chi connectivity index (χ1) is 21.5. The van der Waals surface area contributed by atoms with Gasteiger partial charge in [-0.2, -0.15) is 0 Å². The van der Waals surface area contributed by atoms with E-state index in [0.717, 1.165) is 11.3 Å². The molecule has 4 aromatic carbocycles. The van der Waals surface area contributed by atoms with Gasteiger partial charge in [-0.3, -0.25) is 9.59 Å². The molecule has 0 bridgehead atoms. The summed E-state index contributed by atoms with van der Waals surface area (Å²) in [5.41, 5.74) is 3.27. The number of ether oxygens (including phenoxy) is 2. The van der Waals surface area contributed by atoms with Crippen molar-refractivity contribution >= 4 is 40.4 Å². The van der Waals surface area contributed by atoms with Gasteiger partial charge in [0.1, 0.15) is 18.4 Å². The number of amides is 1. The van der Waals surface area contributed by atoms with Crippen molar-refractivity contribution in [2.45, 2.75) is 12.5 Å². The molecule has 0 aliphatic heterocycles. The summed E-state index contributed by atoms with van der Waals surface area (Å²) >= 11 is 1.41. The Morgan fingerprint density at radius 1 is 0.795 bits per heavy atom. The molecule has 8 heteroatoms. The number of nitrogens with one attached hydrogen (secondary N) is 1. The van der Waals surface area contributed by atoms with Gasteiger partial charge in [0.2, 0.25) is 0 Å². The number of carbonyl (C=O) groups excluding carboxylic acids is 3. The van der Waals surface area contributed by atoms with E-state index in [1.54, 1.807) is 35.2 Å². The molecule has 7 nitrogen and oxygen atoms in total. The number of hydrogen-bond acceptors (Lipinski definition) is 7. The van der Waals surface area contributed by atoms with Gasteiger partial charge in [-0.1, -0.05) is 78.9 Å². The number of methoxy groups -OCH3 is 1. The highest BCUT2D eigenvalue weighted by molar-refractivity contribution is 7.12. The fraction of sp³-hybridized carbons (Fsp3) is 0.139. The van der Waals surface area contributed by atoms with Gasteiger partial charge in [-0.25, -0.2) is 4.79 Å². The van der Waals surface area contributed by atoms with Crippen molar-refractivity contribution in [2.75, 3.05) is 30.5 Å². The van der Waals surface area contributed by atoms with Gasteiger partial charge in [0.25, 0.3) is 5.91 Å². The van der Waals surface area contributed by atoms with Gasteiger partial charge in [-0.15, -0.1) is 11.3 Å². The zero-order chi connectivity index (χ0) is 30.7. The van der Waals surface area contributed by atoms with E-state index in [0.29, 0.717) is 47.0 Å². The van der Waals surface area contributed by atoms with Crippen LogP contribution in [-0.2, 0) is 16.0 Å². The third kappa shape index (κ3) is 7.59. The summed E-state index contributed by atoms with van der Waals surface area (Å²) in [4.78, 5) is 41.5. The number of hydrogen-bond donors (Lipinski definition) is 1. The Kier molecular flexibility index (Phi) is 10.2. The summed E-state index contributed by atoms with van der Waals surface area (Å²) in [5, 5.41) is 5.12. The zero-order valence-corrected chi connectivity index (χ0v) is 25.0. The molecule has 44 heavy (non-hydrogen) atoms. The average molecular weight is 605 g/mol. The Balaban J connectivity index is 1.23. The van der Waals surface area contributed by atoms with Crippen LogP contribution in [0.15, 0.2) is 127 Å². The van der Waals surface area contributed by atoms with Crippen LogP contribution in [0.25, 0.3) is 0 Å². The molecule has 0 fully saturated rings. The van der Waals surface area contributed by atoms with Gasteiger partial charge < -0.3 is 19.7 Å². The molecule has 0 radical (unpaired) electrons. The van der Waals surface area contributed by atoms with Crippen LogP contribution in [0.4, 0.5) is 11.4 Å². The van der Waals surface area contributed by atoms with E-state index in [9.17, 15) is 14.4 Å². The second-order valence-electron chi connectivity index (χ2n) is 9.93. The molecule has 0 saturated carbocycles. The number of para-hydroxylation sites is 2. The van der Waals surface area contributed by atoms with Gasteiger partial charge in [0.05, 0.1) is 18.5 Å². The summed E-state index contributed by atoms with van der Waals surface area (Å²) in [5.74, 6) is -0.00399. The first-order valence-electron chi connectivity index (χ1n) is 14.2. The van der Waals surface area contributed by atoms with Gasteiger partial charge >= 0.3 is 5.97 Å². The number of thiophene rings is 1. The van der Waals surface area contributed by atoms with Crippen LogP contribution in [0, 0.1) is 0 Å². The van der Waals surface area contributed by atoms with E-state index >= 15 is 0 Å². The van der Waals surface area contributed by atoms with E-state index in [-0.39, 0.29) is 11.7 Å². The first kappa shape index (κ1) is 30.3. The van der Waals surface area contributed by atoms with Crippen molar-refractivity contribution in [3.05, 3.63) is 148 Å². The Morgan fingerprint density at radius 3 is 2.16 bits per heavy atom. The Labute approximate surface area is 260 Å². The quantitative estimate of drug-likeness (QED) is 0.116. The fourth-order valence-corrected chi connectivity index (χ4v) is 5.45. The number of benzene rings is 4. The number of rotatable bonds is 13. The SMILES string of the molecule is COC(=O)[C@@H](Cc1ccc(OCCN(C(=O)c2cccs2)c2ccccc2)cc1)Nc1ccccc1C(=O)c1ccccc1. The molecule has 5 rings (SSSR count). The second kappa shape index (κ2) is 14.8. The summed E-state index contributed by atoms with van der Waals surface area (Å²) in [7, 11) is 1.34. The summed E-state index contributed by atoms with van der Waals surface area (Å²) < 4.78 is 11.1. The van der Waals surface area contributed by atoms with Crippen LogP contribution in [0.3, 0.4) is 0 Å². The molecule has 0 aliphatic carbocycles. The van der Waals surface area contributed by atoms with Gasteiger partial charge in [0, 0.05) is 28.9 Å². The lowest BCUT2D eigenvalue weighted by Crippen LogP contribution is -2.34. The molecule has 1 amide bonds. The van der Waals surface area contributed by atoms with Crippen LogP contribution in [0.2, 0.25) is 0 Å². The normalized spacial score (nSPS) is 11.3. The molecule has 1 atom stereocenters. The molecule has 0 spiro atoms. The summed E-state index contributed by atoms with van der Waals surface area (Å²) in [6.07, 6.45) is 0.331. The zero-order valence-electron chi connectivity index (χ0n) is 24.2. The number of carbonyl (C=O) groups is 3. The van der Waals surface area contributed by atoms with Gasteiger partial charge in [0.15, 0.2) is 5.78 Å². The number of ketones is 1. The van der Waals surface area contributed by atoms with Crippen molar-refractivity contribution in [2.24, 2.45) is 0 Å². The highest BCUT2D eigenvalue weighted by Gasteiger charge is 2.23. The maximum atomic E-state index is 13.2. The van der Waals surface area contributed by atoms with E-state index in [1.165, 1.54) is 18.4 Å². The highest BCUT2D eigenvalue weighted by atomic mass is 32.1. The Bertz CT molecular complexity index is 1670. The lowest BCUT2D eigenvalue weighted by atomic mass is 10.00. The minimum Gasteiger partial charge on any atom is -0.492 e. The third-order valence-electron chi connectivity index (χ3n) is 7.01. The number of nitrogens with zero attached hydrogens (tertiary/aromatic N) is 1. The topological polar surface area (TPSA) is 84.9 Å².